The van der Waals surface area contributed by atoms with Crippen LogP contribution in [0.2, 0.25) is 0 Å². The van der Waals surface area contributed by atoms with E-state index in [0.717, 1.165) is 38.2 Å². The third-order valence-electron chi connectivity index (χ3n) is 3.52. The van der Waals surface area contributed by atoms with Crippen LogP contribution in [-0.4, -0.2) is 46.3 Å². The van der Waals surface area contributed by atoms with Crippen LogP contribution < -0.4 is 4.74 Å². The predicted molar refractivity (Wildman–Crippen MR) is 82.6 cm³/mol. The second kappa shape index (κ2) is 7.57. The number of piperidine rings is 1. The molecule has 0 saturated carbocycles. The fourth-order valence-corrected chi connectivity index (χ4v) is 2.48. The lowest BCUT2D eigenvalue weighted by Crippen LogP contribution is -2.43. The summed E-state index contributed by atoms with van der Waals surface area (Å²) in [4.78, 5) is 21.4. The summed E-state index contributed by atoms with van der Waals surface area (Å²) in [5.74, 6) is -0.130. The molecule has 1 aliphatic rings. The molecule has 0 N–H and O–H groups in total. The zero-order valence-electron chi connectivity index (χ0n) is 13.9. The molecule has 128 valence electrons. The molecule has 1 saturated heterocycles. The monoisotopic (exact) mass is 325 g/mol. The van der Waals surface area contributed by atoms with Gasteiger partial charge in [-0.3, -0.25) is 0 Å². The van der Waals surface area contributed by atoms with Gasteiger partial charge in [-0.15, -0.1) is 0 Å². The number of ether oxygens (including phenoxy) is 2. The van der Waals surface area contributed by atoms with Crippen molar-refractivity contribution in [2.75, 3.05) is 19.7 Å². The van der Waals surface area contributed by atoms with E-state index < -0.39 is 11.4 Å². The molecule has 1 aromatic heterocycles. The maximum Gasteiger partial charge on any atom is 0.410 e. The highest BCUT2D eigenvalue weighted by atomic mass is 19.1. The molecule has 23 heavy (non-hydrogen) atoms. The summed E-state index contributed by atoms with van der Waals surface area (Å²) in [6.07, 6.45) is 4.69. The largest absolute Gasteiger partial charge is 0.463 e. The molecule has 1 amide bonds. The molecule has 2 heterocycles. The van der Waals surface area contributed by atoms with E-state index >= 15 is 0 Å². The Morgan fingerprint density at radius 3 is 2.74 bits per heavy atom. The van der Waals surface area contributed by atoms with Gasteiger partial charge in [-0.05, 0) is 46.0 Å². The first-order chi connectivity index (χ1) is 10.8. The highest BCUT2D eigenvalue weighted by Gasteiger charge is 2.27. The summed E-state index contributed by atoms with van der Waals surface area (Å²) < 4.78 is 23.5. The minimum atomic E-state index is -0.488. The molecule has 1 atom stereocenters. The molecule has 1 fully saturated rings. The number of hydrogen-bond donors (Lipinski definition) is 0. The Kier molecular flexibility index (Phi) is 5.74. The molecule has 2 rings (SSSR count). The normalized spacial score (nSPS) is 18.6. The molecule has 0 aromatic carbocycles. The van der Waals surface area contributed by atoms with Crippen LogP contribution in [0.25, 0.3) is 0 Å². The van der Waals surface area contributed by atoms with Crippen LogP contribution in [0.1, 0.15) is 40.0 Å². The van der Waals surface area contributed by atoms with Crippen LogP contribution in [-0.2, 0) is 4.74 Å². The van der Waals surface area contributed by atoms with Crippen molar-refractivity contribution in [2.24, 2.45) is 5.92 Å². The summed E-state index contributed by atoms with van der Waals surface area (Å²) in [6.45, 7) is 7.43. The third kappa shape index (κ3) is 6.00. The molecule has 0 bridgehead atoms. The average Bonchev–Trinajstić information content (AvgIpc) is 2.48. The molecule has 6 nitrogen and oxygen atoms in total. The summed E-state index contributed by atoms with van der Waals surface area (Å²) in [5, 5.41) is 0. The molecule has 0 aliphatic carbocycles. The molecule has 1 unspecified atom stereocenters. The molecule has 0 spiro atoms. The highest BCUT2D eigenvalue weighted by Crippen LogP contribution is 2.21. The van der Waals surface area contributed by atoms with E-state index in [4.69, 9.17) is 9.47 Å². The van der Waals surface area contributed by atoms with Crippen LogP contribution in [0.3, 0.4) is 0 Å². The number of carbonyl (C=O) groups is 1. The Morgan fingerprint density at radius 1 is 1.39 bits per heavy atom. The lowest BCUT2D eigenvalue weighted by atomic mass is 9.95. The quantitative estimate of drug-likeness (QED) is 0.851. The van der Waals surface area contributed by atoms with Gasteiger partial charge in [0.1, 0.15) is 5.60 Å². The van der Waals surface area contributed by atoms with Crippen LogP contribution in [0, 0.1) is 11.7 Å². The number of hydrogen-bond acceptors (Lipinski definition) is 5. The zero-order valence-corrected chi connectivity index (χ0v) is 13.9. The first-order valence-corrected chi connectivity index (χ1v) is 7.92. The van der Waals surface area contributed by atoms with Crippen molar-refractivity contribution >= 4 is 6.09 Å². The summed E-state index contributed by atoms with van der Waals surface area (Å²) in [6, 6.07) is 0.172. The van der Waals surface area contributed by atoms with E-state index in [1.165, 1.54) is 0 Å². The minimum absolute atomic E-state index is 0.172. The maximum absolute atomic E-state index is 12.7. The van der Waals surface area contributed by atoms with Crippen molar-refractivity contribution in [1.29, 1.82) is 0 Å². The molecule has 1 aliphatic heterocycles. The third-order valence-corrected chi connectivity index (χ3v) is 3.52. The van der Waals surface area contributed by atoms with Gasteiger partial charge >= 0.3 is 12.1 Å². The van der Waals surface area contributed by atoms with Gasteiger partial charge in [-0.2, -0.15) is 0 Å². The van der Waals surface area contributed by atoms with E-state index in [-0.39, 0.29) is 12.1 Å². The molecular formula is C16H24FN3O3. The van der Waals surface area contributed by atoms with Gasteiger partial charge in [-0.25, -0.2) is 19.2 Å². The first-order valence-electron chi connectivity index (χ1n) is 7.92. The minimum Gasteiger partial charge on any atom is -0.463 e. The summed E-state index contributed by atoms with van der Waals surface area (Å²) in [7, 11) is 0. The van der Waals surface area contributed by atoms with E-state index in [9.17, 15) is 9.18 Å². The number of aromatic nitrogens is 2. The van der Waals surface area contributed by atoms with E-state index in [1.807, 2.05) is 20.8 Å². The second-order valence-electron chi connectivity index (χ2n) is 6.76. The van der Waals surface area contributed by atoms with Crippen molar-refractivity contribution < 1.29 is 18.7 Å². The number of carbonyl (C=O) groups excluding carboxylic acids is 1. The van der Waals surface area contributed by atoms with Crippen LogP contribution in [0.4, 0.5) is 9.18 Å². The van der Waals surface area contributed by atoms with Gasteiger partial charge in [0, 0.05) is 13.1 Å². The number of amides is 1. The Bertz CT molecular complexity index is 516. The Morgan fingerprint density at radius 2 is 2.09 bits per heavy atom. The van der Waals surface area contributed by atoms with Gasteiger partial charge in [0.2, 0.25) is 0 Å². The van der Waals surface area contributed by atoms with Crippen LogP contribution in [0.5, 0.6) is 6.01 Å². The standard InChI is InChI=1S/C16H24FN3O3/c1-16(2,3)23-15(21)20-7-4-5-12(11-20)6-8-22-14-18-9-13(17)10-19-14/h9-10,12H,4-8,11H2,1-3H3. The maximum atomic E-state index is 12.7. The lowest BCUT2D eigenvalue weighted by molar-refractivity contribution is 0.0154. The van der Waals surface area contributed by atoms with Crippen molar-refractivity contribution in [2.45, 2.75) is 45.6 Å². The molecular weight excluding hydrogens is 301 g/mol. The number of likely N-dealkylation sites (tertiary alicyclic amines) is 1. The molecule has 7 heteroatoms. The molecule has 0 radical (unpaired) electrons. The van der Waals surface area contributed by atoms with Crippen molar-refractivity contribution in [3.05, 3.63) is 18.2 Å². The Balaban J connectivity index is 1.75. The fourth-order valence-electron chi connectivity index (χ4n) is 2.48. The predicted octanol–water partition coefficient (Wildman–Crippen LogP) is 3.03. The van der Waals surface area contributed by atoms with Crippen LogP contribution >= 0.6 is 0 Å². The highest BCUT2D eigenvalue weighted by molar-refractivity contribution is 5.68. The van der Waals surface area contributed by atoms with E-state index in [0.29, 0.717) is 19.1 Å². The van der Waals surface area contributed by atoms with E-state index in [2.05, 4.69) is 9.97 Å². The summed E-state index contributed by atoms with van der Waals surface area (Å²) in [5.41, 5.74) is -0.479. The first kappa shape index (κ1) is 17.4. The fraction of sp³-hybridized carbons (Fsp3) is 0.688. The Labute approximate surface area is 136 Å². The van der Waals surface area contributed by atoms with E-state index in [1.54, 1.807) is 4.90 Å². The average molecular weight is 325 g/mol. The smallest absolute Gasteiger partial charge is 0.410 e. The number of nitrogens with zero attached hydrogens (tertiary/aromatic N) is 3. The van der Waals surface area contributed by atoms with Crippen molar-refractivity contribution in [3.63, 3.8) is 0 Å². The Hall–Kier alpha value is -1.92. The SMILES string of the molecule is CC(C)(C)OC(=O)N1CCCC(CCOc2ncc(F)cn2)C1. The van der Waals surface area contributed by atoms with Gasteiger partial charge in [0.25, 0.3) is 0 Å². The zero-order chi connectivity index (χ0) is 16.9. The molecule has 1 aromatic rings. The number of halogens is 1. The summed E-state index contributed by atoms with van der Waals surface area (Å²) >= 11 is 0. The lowest BCUT2D eigenvalue weighted by Gasteiger charge is -2.34. The van der Waals surface area contributed by atoms with Crippen LogP contribution in [0.15, 0.2) is 12.4 Å². The van der Waals surface area contributed by atoms with Gasteiger partial charge in [0.05, 0.1) is 19.0 Å². The van der Waals surface area contributed by atoms with Gasteiger partial charge < -0.3 is 14.4 Å². The topological polar surface area (TPSA) is 64.5 Å². The van der Waals surface area contributed by atoms with Gasteiger partial charge in [0.15, 0.2) is 5.82 Å². The second-order valence-corrected chi connectivity index (χ2v) is 6.76. The number of rotatable bonds is 4. The van der Waals surface area contributed by atoms with Crippen molar-refractivity contribution in [3.8, 4) is 6.01 Å². The van der Waals surface area contributed by atoms with Crippen molar-refractivity contribution in [1.82, 2.24) is 14.9 Å². The van der Waals surface area contributed by atoms with Gasteiger partial charge in [-0.1, -0.05) is 0 Å².